The van der Waals surface area contributed by atoms with Gasteiger partial charge in [-0.3, -0.25) is 10.0 Å². The zero-order valence-electron chi connectivity index (χ0n) is 17.9. The highest BCUT2D eigenvalue weighted by molar-refractivity contribution is 7.08. The number of amides is 1. The molecule has 0 aliphatic carbocycles. The normalized spacial score (nSPS) is 17.3. The number of aromatic nitrogens is 2. The highest BCUT2D eigenvalue weighted by Gasteiger charge is 2.27. The Balaban J connectivity index is 1.81. The first-order chi connectivity index (χ1) is 15.1. The van der Waals surface area contributed by atoms with Crippen LogP contribution >= 0.6 is 11.3 Å². The lowest BCUT2D eigenvalue weighted by Gasteiger charge is -2.34. The van der Waals surface area contributed by atoms with Crippen LogP contribution in [-0.2, 0) is 4.79 Å². The third-order valence-electron chi connectivity index (χ3n) is 5.86. The molecular weight excluding hydrogens is 408 g/mol. The Morgan fingerprint density at radius 1 is 1.35 bits per heavy atom. The van der Waals surface area contributed by atoms with E-state index < -0.39 is 5.91 Å². The molecule has 162 valence electrons. The van der Waals surface area contributed by atoms with E-state index in [1.807, 2.05) is 18.2 Å². The zero-order valence-corrected chi connectivity index (χ0v) is 18.7. The van der Waals surface area contributed by atoms with Gasteiger partial charge in [-0.1, -0.05) is 25.1 Å². The van der Waals surface area contributed by atoms with Gasteiger partial charge in [0.2, 0.25) is 0 Å². The molecule has 1 aromatic carbocycles. The number of nitrogens with zero attached hydrogens (tertiary/aromatic N) is 3. The summed E-state index contributed by atoms with van der Waals surface area (Å²) >= 11 is 1.70. The van der Waals surface area contributed by atoms with Gasteiger partial charge >= 0.3 is 0 Å². The van der Waals surface area contributed by atoms with Crippen LogP contribution in [0.2, 0.25) is 0 Å². The number of likely N-dealkylation sites (tertiary alicyclic amines) is 1. The first-order valence-corrected chi connectivity index (χ1v) is 11.6. The summed E-state index contributed by atoms with van der Waals surface area (Å²) in [6.07, 6.45) is 5.31. The summed E-state index contributed by atoms with van der Waals surface area (Å²) < 4.78 is 2.43. The largest absolute Gasteiger partial charge is 0.319 e. The average Bonchev–Trinajstić information content (AvgIpc) is 3.45. The van der Waals surface area contributed by atoms with Crippen LogP contribution in [0.4, 0.5) is 0 Å². The number of rotatable bonds is 6. The maximum atomic E-state index is 11.4. The summed E-state index contributed by atoms with van der Waals surface area (Å²) in [5.74, 6) is 0.410. The van der Waals surface area contributed by atoms with E-state index >= 15 is 0 Å². The van der Waals surface area contributed by atoms with E-state index in [-0.39, 0.29) is 0 Å². The molecule has 1 aliphatic heterocycles. The molecule has 4 rings (SSSR count). The molecule has 0 radical (unpaired) electrons. The molecule has 2 aromatic heterocycles. The Kier molecular flexibility index (Phi) is 6.65. The number of hydrogen-bond acceptors (Lipinski definition) is 5. The summed E-state index contributed by atoms with van der Waals surface area (Å²) in [7, 11) is 0. The molecule has 2 N–H and O–H groups in total. The molecule has 0 spiro atoms. The van der Waals surface area contributed by atoms with Crippen molar-refractivity contribution < 1.29 is 10.0 Å². The summed E-state index contributed by atoms with van der Waals surface area (Å²) in [5, 5.41) is 13.0. The number of aryl methyl sites for hydroxylation is 1. The lowest BCUT2D eigenvalue weighted by Crippen LogP contribution is -2.36. The number of imidazole rings is 1. The third kappa shape index (κ3) is 4.63. The molecule has 1 saturated heterocycles. The van der Waals surface area contributed by atoms with Crippen molar-refractivity contribution in [3.05, 3.63) is 58.4 Å². The summed E-state index contributed by atoms with van der Waals surface area (Å²) in [5.41, 5.74) is 6.96. The molecule has 6 nitrogen and oxygen atoms in total. The molecule has 1 unspecified atom stereocenters. The van der Waals surface area contributed by atoms with Gasteiger partial charge in [0.05, 0.1) is 11.4 Å². The summed E-state index contributed by atoms with van der Waals surface area (Å²) in [6, 6.07) is 10.5. The van der Waals surface area contributed by atoms with Gasteiger partial charge in [0, 0.05) is 35.2 Å². The van der Waals surface area contributed by atoms with E-state index in [1.165, 1.54) is 23.8 Å². The van der Waals surface area contributed by atoms with Crippen molar-refractivity contribution in [2.24, 2.45) is 0 Å². The van der Waals surface area contributed by atoms with Crippen molar-refractivity contribution in [2.75, 3.05) is 19.6 Å². The number of benzene rings is 1. The number of carbonyl (C=O) groups excluding carboxylic acids is 1. The molecule has 7 heteroatoms. The lowest BCUT2D eigenvalue weighted by molar-refractivity contribution is -0.124. The molecule has 1 atom stereocenters. The summed E-state index contributed by atoms with van der Waals surface area (Å²) in [4.78, 5) is 18.9. The molecule has 1 aliphatic rings. The van der Waals surface area contributed by atoms with Gasteiger partial charge in [-0.25, -0.2) is 10.5 Å². The van der Waals surface area contributed by atoms with E-state index in [9.17, 15) is 4.79 Å². The van der Waals surface area contributed by atoms with E-state index in [1.54, 1.807) is 22.9 Å². The fraction of sp³-hybridized carbons (Fsp3) is 0.333. The number of piperidine rings is 1. The predicted molar refractivity (Wildman–Crippen MR) is 125 cm³/mol. The molecule has 3 aromatic rings. The van der Waals surface area contributed by atoms with Crippen molar-refractivity contribution in [1.82, 2.24) is 19.9 Å². The second kappa shape index (κ2) is 9.60. The van der Waals surface area contributed by atoms with Gasteiger partial charge in [-0.2, -0.15) is 11.3 Å². The lowest BCUT2D eigenvalue weighted by atomic mass is 10.0. The zero-order chi connectivity index (χ0) is 21.8. The van der Waals surface area contributed by atoms with E-state index in [0.29, 0.717) is 6.04 Å². The van der Waals surface area contributed by atoms with Crippen LogP contribution in [0.5, 0.6) is 0 Å². The number of thiophene rings is 1. The van der Waals surface area contributed by atoms with Crippen molar-refractivity contribution in [3.63, 3.8) is 0 Å². The number of nitrogens with one attached hydrogen (secondary N) is 1. The highest BCUT2D eigenvalue weighted by Crippen LogP contribution is 2.37. The van der Waals surface area contributed by atoms with Crippen LogP contribution in [0.1, 0.15) is 37.1 Å². The van der Waals surface area contributed by atoms with Crippen LogP contribution in [0.25, 0.3) is 28.7 Å². The van der Waals surface area contributed by atoms with Crippen LogP contribution in [0.15, 0.2) is 47.2 Å². The number of likely N-dealkylation sites (N-methyl/N-ethyl adjacent to an activating group) is 1. The number of hydroxylamine groups is 1. The first-order valence-electron chi connectivity index (χ1n) is 10.7. The van der Waals surface area contributed by atoms with Crippen molar-refractivity contribution in [3.8, 4) is 22.6 Å². The Bertz CT molecular complexity index is 1070. The minimum atomic E-state index is -0.552. The van der Waals surface area contributed by atoms with Gasteiger partial charge < -0.3 is 9.47 Å². The Morgan fingerprint density at radius 2 is 2.23 bits per heavy atom. The minimum absolute atomic E-state index is 0.360. The van der Waals surface area contributed by atoms with Gasteiger partial charge in [0.1, 0.15) is 5.82 Å². The van der Waals surface area contributed by atoms with Crippen molar-refractivity contribution in [2.45, 2.75) is 32.7 Å². The monoisotopic (exact) mass is 436 g/mol. The fourth-order valence-corrected chi connectivity index (χ4v) is 5.01. The van der Waals surface area contributed by atoms with Gasteiger partial charge in [0.15, 0.2) is 0 Å². The molecule has 0 bridgehead atoms. The number of hydrogen-bond donors (Lipinski definition) is 2. The first kappa shape index (κ1) is 21.5. The molecule has 1 fully saturated rings. The van der Waals surface area contributed by atoms with Gasteiger partial charge in [0.25, 0.3) is 5.91 Å². The Labute approximate surface area is 186 Å². The van der Waals surface area contributed by atoms with E-state index in [4.69, 9.17) is 10.2 Å². The van der Waals surface area contributed by atoms with E-state index in [2.05, 4.69) is 46.2 Å². The Hall–Kier alpha value is -2.74. The topological polar surface area (TPSA) is 70.4 Å². The maximum Gasteiger partial charge on any atom is 0.267 e. The SMILES string of the molecule is CCN1CCCC(n2c(-c3cccc(C=CC(=O)NO)c3)nc(C)c2-c2ccsc2)C1. The van der Waals surface area contributed by atoms with Crippen LogP contribution in [-0.4, -0.2) is 45.2 Å². The van der Waals surface area contributed by atoms with Gasteiger partial charge in [-0.05, 0) is 62.0 Å². The van der Waals surface area contributed by atoms with Crippen LogP contribution in [0, 0.1) is 6.92 Å². The third-order valence-corrected chi connectivity index (χ3v) is 6.54. The quantitative estimate of drug-likeness (QED) is 0.332. The average molecular weight is 437 g/mol. The molecule has 1 amide bonds. The second-order valence-corrected chi connectivity index (χ2v) is 8.66. The fourth-order valence-electron chi connectivity index (χ4n) is 4.37. The molecule has 31 heavy (non-hydrogen) atoms. The highest BCUT2D eigenvalue weighted by atomic mass is 32.1. The second-order valence-electron chi connectivity index (χ2n) is 7.88. The predicted octanol–water partition coefficient (Wildman–Crippen LogP) is 4.76. The molecular formula is C24H28N4O2S. The molecule has 0 saturated carbocycles. The Morgan fingerprint density at radius 3 is 2.97 bits per heavy atom. The minimum Gasteiger partial charge on any atom is -0.319 e. The maximum absolute atomic E-state index is 11.4. The van der Waals surface area contributed by atoms with Gasteiger partial charge in [-0.15, -0.1) is 0 Å². The van der Waals surface area contributed by atoms with Crippen molar-refractivity contribution >= 4 is 23.3 Å². The van der Waals surface area contributed by atoms with Crippen molar-refractivity contribution in [1.29, 1.82) is 0 Å². The number of carbonyl (C=O) groups is 1. The summed E-state index contributed by atoms with van der Waals surface area (Å²) in [6.45, 7) is 7.54. The molecule has 3 heterocycles. The smallest absolute Gasteiger partial charge is 0.267 e. The standard InChI is InChI=1S/C24H28N4O2S/c1-3-27-12-5-8-21(15-27)28-23(20-11-13-31-16-20)17(2)25-24(28)19-7-4-6-18(14-19)9-10-22(29)26-30/h4,6-7,9-11,13-14,16,21,30H,3,5,8,12,15H2,1-2H3,(H,26,29). The van der Waals surface area contributed by atoms with Crippen LogP contribution < -0.4 is 5.48 Å². The van der Waals surface area contributed by atoms with E-state index in [0.717, 1.165) is 48.7 Å². The van der Waals surface area contributed by atoms with Crippen LogP contribution in [0.3, 0.4) is 0 Å².